The van der Waals surface area contributed by atoms with E-state index in [2.05, 4.69) is 0 Å². The minimum atomic E-state index is -1.14. The lowest BCUT2D eigenvalue weighted by molar-refractivity contribution is -0.115. The fraction of sp³-hybridized carbons (Fsp3) is 0.125. The maximum atomic E-state index is 12.3. The van der Waals surface area contributed by atoms with Gasteiger partial charge in [0.15, 0.2) is 6.29 Å². The molecule has 0 aliphatic rings. The minimum absolute atomic E-state index is 0.383. The van der Waals surface area contributed by atoms with Crippen LogP contribution in [0.15, 0.2) is 24.3 Å². The number of halogens is 1. The van der Waals surface area contributed by atoms with Gasteiger partial charge in [0.25, 0.3) is 0 Å². The Kier molecular flexibility index (Phi) is 2.33. The highest BCUT2D eigenvalue weighted by molar-refractivity contribution is 5.59. The zero-order valence-electron chi connectivity index (χ0n) is 5.70. The zero-order chi connectivity index (χ0) is 8.27. The lowest BCUT2D eigenvalue weighted by atomic mass is 10.1. The molecule has 11 heavy (non-hydrogen) atoms. The summed E-state index contributed by atoms with van der Waals surface area (Å²) in [5.41, 5.74) is 0.404. The van der Waals surface area contributed by atoms with Gasteiger partial charge in [0.2, 0.25) is 0 Å². The third-order valence-corrected chi connectivity index (χ3v) is 1.34. The summed E-state index contributed by atoms with van der Waals surface area (Å²) in [7, 11) is 0. The highest BCUT2D eigenvalue weighted by Gasteiger charge is 2.03. The third-order valence-electron chi connectivity index (χ3n) is 1.34. The molecule has 0 saturated carbocycles. The van der Waals surface area contributed by atoms with Gasteiger partial charge in [0.1, 0.15) is 11.9 Å². The molecule has 1 rings (SSSR count). The normalized spacial score (nSPS) is 12.5. The van der Waals surface area contributed by atoms with Crippen LogP contribution in [0.1, 0.15) is 11.7 Å². The van der Waals surface area contributed by atoms with Crippen LogP contribution >= 0.6 is 0 Å². The van der Waals surface area contributed by atoms with Gasteiger partial charge in [-0.05, 0) is 17.7 Å². The topological polar surface area (TPSA) is 37.3 Å². The highest BCUT2D eigenvalue weighted by atomic mass is 19.1. The first-order chi connectivity index (χ1) is 5.24. The van der Waals surface area contributed by atoms with Crippen LogP contribution in [0, 0.1) is 5.82 Å². The van der Waals surface area contributed by atoms with E-state index in [1.807, 2.05) is 0 Å². The summed E-state index contributed by atoms with van der Waals surface area (Å²) in [5, 5.41) is 8.93. The Bertz CT molecular complexity index is 243. The molecule has 1 aromatic carbocycles. The Balaban J connectivity index is 2.89. The van der Waals surface area contributed by atoms with E-state index in [4.69, 9.17) is 5.11 Å². The summed E-state index contributed by atoms with van der Waals surface area (Å²) in [6, 6.07) is 5.13. The number of carbonyl (C=O) groups excluding carboxylic acids is 1. The van der Waals surface area contributed by atoms with Crippen molar-refractivity contribution in [1.29, 1.82) is 0 Å². The van der Waals surface area contributed by atoms with E-state index >= 15 is 0 Å². The van der Waals surface area contributed by atoms with Crippen LogP contribution in [0.2, 0.25) is 0 Å². The van der Waals surface area contributed by atoms with Gasteiger partial charge in [0, 0.05) is 0 Å². The first kappa shape index (κ1) is 7.88. The molecule has 0 aliphatic carbocycles. The van der Waals surface area contributed by atoms with E-state index in [0.29, 0.717) is 11.8 Å². The Labute approximate surface area is 63.3 Å². The van der Waals surface area contributed by atoms with Crippen LogP contribution in [0.3, 0.4) is 0 Å². The lowest BCUT2D eigenvalue weighted by Gasteiger charge is -2.00. The first-order valence-corrected chi connectivity index (χ1v) is 3.13. The first-order valence-electron chi connectivity index (χ1n) is 3.13. The smallest absolute Gasteiger partial charge is 0.153 e. The van der Waals surface area contributed by atoms with Crippen LogP contribution in [0.25, 0.3) is 0 Å². The Morgan fingerprint density at radius 2 is 1.91 bits per heavy atom. The van der Waals surface area contributed by atoms with Gasteiger partial charge in [-0.3, -0.25) is 0 Å². The molecule has 0 radical (unpaired) electrons. The van der Waals surface area contributed by atoms with Crippen molar-refractivity contribution in [3.8, 4) is 0 Å². The van der Waals surface area contributed by atoms with Gasteiger partial charge in [-0.2, -0.15) is 0 Å². The molecular formula is C8H7FO2. The maximum absolute atomic E-state index is 12.3. The molecule has 1 N–H and O–H groups in total. The molecule has 0 amide bonds. The highest BCUT2D eigenvalue weighted by Crippen LogP contribution is 2.10. The molecule has 0 fully saturated rings. The Morgan fingerprint density at radius 1 is 1.36 bits per heavy atom. The fourth-order valence-electron chi connectivity index (χ4n) is 0.739. The average Bonchev–Trinajstić information content (AvgIpc) is 2.05. The standard InChI is InChI=1S/C8H7FO2/c9-7-3-1-6(2-4-7)8(11)5-10/h1-5,8,11H/t8-/m0/s1. The lowest BCUT2D eigenvalue weighted by Crippen LogP contribution is -1.97. The number of rotatable bonds is 2. The molecular weight excluding hydrogens is 147 g/mol. The molecule has 0 unspecified atom stereocenters. The average molecular weight is 154 g/mol. The van der Waals surface area contributed by atoms with Crippen LogP contribution in [-0.2, 0) is 4.79 Å². The van der Waals surface area contributed by atoms with Crippen molar-refractivity contribution in [3.05, 3.63) is 35.6 Å². The summed E-state index contributed by atoms with van der Waals surface area (Å²) in [6.45, 7) is 0. The zero-order valence-corrected chi connectivity index (χ0v) is 5.70. The van der Waals surface area contributed by atoms with Gasteiger partial charge >= 0.3 is 0 Å². The van der Waals surface area contributed by atoms with Crippen molar-refractivity contribution < 1.29 is 14.3 Å². The maximum Gasteiger partial charge on any atom is 0.153 e. The second-order valence-corrected chi connectivity index (χ2v) is 2.13. The molecule has 3 heteroatoms. The van der Waals surface area contributed by atoms with Crippen molar-refractivity contribution in [2.75, 3.05) is 0 Å². The monoisotopic (exact) mass is 154 g/mol. The summed E-state index contributed by atoms with van der Waals surface area (Å²) < 4.78 is 12.3. The SMILES string of the molecule is O=C[C@H](O)c1ccc(F)cc1. The number of carbonyl (C=O) groups is 1. The summed E-state index contributed by atoms with van der Waals surface area (Å²) in [4.78, 5) is 10.0. The van der Waals surface area contributed by atoms with Crippen molar-refractivity contribution in [2.24, 2.45) is 0 Å². The predicted octanol–water partition coefficient (Wildman–Crippen LogP) is 1.06. The summed E-state index contributed by atoms with van der Waals surface area (Å²) in [5.74, 6) is -0.383. The Morgan fingerprint density at radius 3 is 2.36 bits per heavy atom. The van der Waals surface area contributed by atoms with Gasteiger partial charge in [-0.25, -0.2) is 4.39 Å². The van der Waals surface area contributed by atoms with Crippen molar-refractivity contribution in [1.82, 2.24) is 0 Å². The number of aliphatic hydroxyl groups excluding tert-OH is 1. The summed E-state index contributed by atoms with van der Waals surface area (Å²) >= 11 is 0. The number of aliphatic hydroxyl groups is 1. The largest absolute Gasteiger partial charge is 0.381 e. The molecule has 0 saturated heterocycles. The van der Waals surface area contributed by atoms with Crippen molar-refractivity contribution >= 4 is 6.29 Å². The van der Waals surface area contributed by atoms with Crippen LogP contribution < -0.4 is 0 Å². The molecule has 2 nitrogen and oxygen atoms in total. The van der Waals surface area contributed by atoms with E-state index in [1.165, 1.54) is 24.3 Å². The molecule has 0 aliphatic heterocycles. The number of hydrogen-bond acceptors (Lipinski definition) is 2. The van der Waals surface area contributed by atoms with E-state index < -0.39 is 6.10 Å². The molecule has 0 heterocycles. The quantitative estimate of drug-likeness (QED) is 0.646. The molecule has 58 valence electrons. The van der Waals surface area contributed by atoms with Gasteiger partial charge < -0.3 is 9.90 Å². The van der Waals surface area contributed by atoms with E-state index in [-0.39, 0.29) is 5.82 Å². The van der Waals surface area contributed by atoms with E-state index in [9.17, 15) is 9.18 Å². The molecule has 0 spiro atoms. The predicted molar refractivity (Wildman–Crippen MR) is 37.4 cm³/mol. The number of aldehydes is 1. The van der Waals surface area contributed by atoms with Crippen molar-refractivity contribution in [2.45, 2.75) is 6.10 Å². The van der Waals surface area contributed by atoms with Crippen molar-refractivity contribution in [3.63, 3.8) is 0 Å². The van der Waals surface area contributed by atoms with Crippen LogP contribution in [-0.4, -0.2) is 11.4 Å². The van der Waals surface area contributed by atoms with Crippen LogP contribution in [0.5, 0.6) is 0 Å². The number of hydrogen-bond donors (Lipinski definition) is 1. The number of benzene rings is 1. The fourth-order valence-corrected chi connectivity index (χ4v) is 0.739. The van der Waals surface area contributed by atoms with Crippen LogP contribution in [0.4, 0.5) is 4.39 Å². The van der Waals surface area contributed by atoms with Gasteiger partial charge in [0.05, 0.1) is 0 Å². The molecule has 0 bridgehead atoms. The van der Waals surface area contributed by atoms with Gasteiger partial charge in [-0.1, -0.05) is 12.1 Å². The Hall–Kier alpha value is -1.22. The second-order valence-electron chi connectivity index (χ2n) is 2.13. The molecule has 1 aromatic rings. The molecule has 0 aromatic heterocycles. The van der Waals surface area contributed by atoms with E-state index in [0.717, 1.165) is 0 Å². The molecule has 1 atom stereocenters. The minimum Gasteiger partial charge on any atom is -0.381 e. The third kappa shape index (κ3) is 1.85. The summed E-state index contributed by atoms with van der Waals surface area (Å²) in [6.07, 6.45) is -0.747. The van der Waals surface area contributed by atoms with Gasteiger partial charge in [-0.15, -0.1) is 0 Å². The second kappa shape index (κ2) is 3.25. The van der Waals surface area contributed by atoms with E-state index in [1.54, 1.807) is 0 Å².